The number of aromatic nitrogens is 1. The van der Waals surface area contributed by atoms with Crippen molar-refractivity contribution in [3.63, 3.8) is 0 Å². The van der Waals surface area contributed by atoms with Gasteiger partial charge in [0.2, 0.25) is 11.5 Å². The fraction of sp³-hybridized carbons (Fsp3) is 0.481. The van der Waals surface area contributed by atoms with E-state index in [-0.39, 0.29) is 35.9 Å². The molecule has 3 heterocycles. The van der Waals surface area contributed by atoms with E-state index in [1.54, 1.807) is 42.4 Å². The van der Waals surface area contributed by atoms with Crippen molar-refractivity contribution in [1.82, 2.24) is 20.1 Å². The zero-order valence-corrected chi connectivity index (χ0v) is 20.9. The molecule has 1 aromatic carbocycles. The van der Waals surface area contributed by atoms with Crippen LogP contribution < -0.4 is 20.9 Å². The van der Waals surface area contributed by atoms with E-state index in [4.69, 9.17) is 4.74 Å². The number of pyridine rings is 1. The lowest BCUT2D eigenvalue weighted by Gasteiger charge is -2.41. The van der Waals surface area contributed by atoms with Crippen molar-refractivity contribution in [2.24, 2.45) is 12.5 Å². The fourth-order valence-electron chi connectivity index (χ4n) is 4.93. The fourth-order valence-corrected chi connectivity index (χ4v) is 4.93. The summed E-state index contributed by atoms with van der Waals surface area (Å²) in [6, 6.07) is 9.81. The highest BCUT2D eigenvalue weighted by Gasteiger charge is 2.42. The van der Waals surface area contributed by atoms with E-state index in [1.807, 2.05) is 13.0 Å². The van der Waals surface area contributed by atoms with Crippen molar-refractivity contribution in [2.45, 2.75) is 45.1 Å². The average Bonchev–Trinajstić information content (AvgIpc) is 2.88. The number of nitrogens with zero attached hydrogens (tertiary/aromatic N) is 2. The van der Waals surface area contributed by atoms with Crippen LogP contribution in [0.25, 0.3) is 0 Å². The van der Waals surface area contributed by atoms with Gasteiger partial charge in [0, 0.05) is 38.9 Å². The molecule has 192 valence electrons. The zero-order valence-electron chi connectivity index (χ0n) is 20.9. The molecule has 2 N–H and O–H groups in total. The molecule has 1 aromatic heterocycles. The van der Waals surface area contributed by atoms with Gasteiger partial charge in [-0.1, -0.05) is 18.6 Å². The van der Waals surface area contributed by atoms with E-state index in [1.165, 1.54) is 10.6 Å². The van der Waals surface area contributed by atoms with Gasteiger partial charge < -0.3 is 24.8 Å². The largest absolute Gasteiger partial charge is 0.491 e. The summed E-state index contributed by atoms with van der Waals surface area (Å²) >= 11 is 0. The van der Waals surface area contributed by atoms with Crippen LogP contribution in [0.15, 0.2) is 47.4 Å². The molecule has 1 spiro atoms. The zero-order chi connectivity index (χ0) is 25.7. The highest BCUT2D eigenvalue weighted by molar-refractivity contribution is 5.97. The summed E-state index contributed by atoms with van der Waals surface area (Å²) in [5.74, 6) is 0.180. The van der Waals surface area contributed by atoms with E-state index >= 15 is 0 Å². The number of nitrogens with one attached hydrogen (secondary N) is 2. The Morgan fingerprint density at radius 1 is 1.03 bits per heavy atom. The molecular formula is C27H34N4O5. The van der Waals surface area contributed by atoms with Gasteiger partial charge in [-0.25, -0.2) is 0 Å². The van der Waals surface area contributed by atoms with Gasteiger partial charge in [0.1, 0.15) is 12.4 Å². The summed E-state index contributed by atoms with van der Waals surface area (Å²) < 4.78 is 7.30. The van der Waals surface area contributed by atoms with Crippen molar-refractivity contribution in [3.05, 3.63) is 64.1 Å². The summed E-state index contributed by atoms with van der Waals surface area (Å²) in [4.78, 5) is 52.6. The second kappa shape index (κ2) is 11.0. The molecule has 1 fully saturated rings. The molecule has 0 unspecified atom stereocenters. The topological polar surface area (TPSA) is 110 Å². The molecule has 0 saturated carbocycles. The summed E-state index contributed by atoms with van der Waals surface area (Å²) in [6.45, 7) is 3.56. The Labute approximate surface area is 210 Å². The number of hydrogen-bond acceptors (Lipinski definition) is 5. The van der Waals surface area contributed by atoms with E-state index in [0.29, 0.717) is 55.8 Å². The third-order valence-electron chi connectivity index (χ3n) is 7.19. The first-order chi connectivity index (χ1) is 17.3. The lowest BCUT2D eigenvalue weighted by atomic mass is 9.73. The molecule has 2 aliphatic rings. The van der Waals surface area contributed by atoms with Crippen LogP contribution in [0.1, 0.15) is 59.7 Å². The molecule has 1 atom stereocenters. The van der Waals surface area contributed by atoms with Crippen LogP contribution in [-0.2, 0) is 11.8 Å². The van der Waals surface area contributed by atoms with Crippen LogP contribution in [0.5, 0.6) is 5.75 Å². The standard InChI is InChI=1S/C27H34N4O5/c1-19-18-36-22-8-4-3-7-21(22)24(33)28-14-6-5-11-27(26(35)29-19)12-15-31(16-13-27)25(34)20-9-10-23(32)30(2)17-20/h3-4,7-10,17,19H,5-6,11-16,18H2,1-2H3,(H,28,33)(H,29,35)/t19-/m1/s1. The Bertz CT molecular complexity index is 1180. The maximum Gasteiger partial charge on any atom is 0.255 e. The van der Waals surface area contributed by atoms with Crippen molar-refractivity contribution < 1.29 is 19.1 Å². The normalized spacial score (nSPS) is 20.9. The van der Waals surface area contributed by atoms with Crippen LogP contribution >= 0.6 is 0 Å². The van der Waals surface area contributed by atoms with Crippen molar-refractivity contribution in [1.29, 1.82) is 0 Å². The molecule has 9 nitrogen and oxygen atoms in total. The molecule has 0 aliphatic carbocycles. The van der Waals surface area contributed by atoms with Crippen LogP contribution in [0.2, 0.25) is 0 Å². The van der Waals surface area contributed by atoms with E-state index in [0.717, 1.165) is 12.8 Å². The van der Waals surface area contributed by atoms with E-state index in [9.17, 15) is 19.2 Å². The summed E-state index contributed by atoms with van der Waals surface area (Å²) in [7, 11) is 1.62. The quantitative estimate of drug-likeness (QED) is 0.631. The Morgan fingerprint density at radius 2 is 1.78 bits per heavy atom. The SMILES string of the molecule is C[C@@H]1COc2ccccc2C(=O)NCCCCC2(CCN(C(=O)c3ccc(=O)n(C)c3)CC2)C(=O)N1. The van der Waals surface area contributed by atoms with Crippen molar-refractivity contribution in [2.75, 3.05) is 26.2 Å². The average molecular weight is 495 g/mol. The lowest BCUT2D eigenvalue weighted by molar-refractivity contribution is -0.135. The molecule has 2 aliphatic heterocycles. The second-order valence-corrected chi connectivity index (χ2v) is 9.83. The molecular weight excluding hydrogens is 460 g/mol. The van der Waals surface area contributed by atoms with Gasteiger partial charge in [-0.2, -0.15) is 0 Å². The van der Waals surface area contributed by atoms with Crippen molar-refractivity contribution >= 4 is 17.7 Å². The predicted octanol–water partition coefficient (Wildman–Crippen LogP) is 2.11. The number of benzene rings is 1. The smallest absolute Gasteiger partial charge is 0.255 e. The Hall–Kier alpha value is -3.62. The number of rotatable bonds is 1. The third-order valence-corrected chi connectivity index (χ3v) is 7.19. The number of carbonyl (C=O) groups is 3. The minimum atomic E-state index is -0.583. The van der Waals surface area contributed by atoms with Crippen LogP contribution in [-0.4, -0.2) is 59.5 Å². The number of carbonyl (C=O) groups excluding carboxylic acids is 3. The van der Waals surface area contributed by atoms with Gasteiger partial charge in [-0.05, 0) is 50.8 Å². The van der Waals surface area contributed by atoms with E-state index < -0.39 is 5.41 Å². The van der Waals surface area contributed by atoms with Crippen LogP contribution in [0.4, 0.5) is 0 Å². The maximum atomic E-state index is 13.5. The van der Waals surface area contributed by atoms with Gasteiger partial charge in [-0.3, -0.25) is 19.2 Å². The van der Waals surface area contributed by atoms with Gasteiger partial charge in [-0.15, -0.1) is 0 Å². The Balaban J connectivity index is 1.46. The minimum Gasteiger partial charge on any atom is -0.491 e. The third kappa shape index (κ3) is 5.61. The number of ether oxygens (including phenoxy) is 1. The van der Waals surface area contributed by atoms with Gasteiger partial charge in [0.05, 0.1) is 22.6 Å². The summed E-state index contributed by atoms with van der Waals surface area (Å²) in [5, 5.41) is 6.08. The molecule has 9 heteroatoms. The Morgan fingerprint density at radius 3 is 2.53 bits per heavy atom. The van der Waals surface area contributed by atoms with Crippen LogP contribution in [0, 0.1) is 5.41 Å². The van der Waals surface area contributed by atoms with Gasteiger partial charge >= 0.3 is 0 Å². The highest BCUT2D eigenvalue weighted by Crippen LogP contribution is 2.37. The number of amides is 3. The minimum absolute atomic E-state index is 0.0119. The first-order valence-corrected chi connectivity index (χ1v) is 12.6. The number of likely N-dealkylation sites (tertiary alicyclic amines) is 1. The maximum absolute atomic E-state index is 13.5. The predicted molar refractivity (Wildman–Crippen MR) is 135 cm³/mol. The second-order valence-electron chi connectivity index (χ2n) is 9.83. The Kier molecular flexibility index (Phi) is 7.76. The van der Waals surface area contributed by atoms with Crippen molar-refractivity contribution in [3.8, 4) is 5.75 Å². The number of para-hydroxylation sites is 1. The molecule has 1 saturated heterocycles. The van der Waals surface area contributed by atoms with Gasteiger partial charge in [0.25, 0.3) is 11.8 Å². The molecule has 36 heavy (non-hydrogen) atoms. The monoisotopic (exact) mass is 494 g/mol. The summed E-state index contributed by atoms with van der Waals surface area (Å²) in [5.41, 5.74) is 0.198. The van der Waals surface area contributed by atoms with Crippen LogP contribution in [0.3, 0.4) is 0 Å². The van der Waals surface area contributed by atoms with E-state index in [2.05, 4.69) is 10.6 Å². The number of fused-ring (bicyclic) bond motifs is 1. The molecule has 2 aromatic rings. The molecule has 3 amide bonds. The lowest BCUT2D eigenvalue weighted by Crippen LogP contribution is -2.52. The molecule has 0 bridgehead atoms. The summed E-state index contributed by atoms with van der Waals surface area (Å²) in [6.07, 6.45) is 4.88. The highest BCUT2D eigenvalue weighted by atomic mass is 16.5. The number of hydrogen-bond donors (Lipinski definition) is 2. The van der Waals surface area contributed by atoms with Gasteiger partial charge in [0.15, 0.2) is 0 Å². The number of aryl methyl sites for hydroxylation is 1. The molecule has 4 rings (SSSR count). The molecule has 0 radical (unpaired) electrons. The first kappa shape index (κ1) is 25.5. The number of piperidine rings is 1. The first-order valence-electron chi connectivity index (χ1n) is 12.6.